The van der Waals surface area contributed by atoms with Crippen LogP contribution in [0.1, 0.15) is 83.1 Å². The van der Waals surface area contributed by atoms with E-state index in [4.69, 9.17) is 4.74 Å². The van der Waals surface area contributed by atoms with Crippen molar-refractivity contribution in [1.29, 1.82) is 0 Å². The molecule has 0 saturated heterocycles. The van der Waals surface area contributed by atoms with Crippen LogP contribution in [0.5, 0.6) is 11.5 Å². The van der Waals surface area contributed by atoms with E-state index in [0.29, 0.717) is 0 Å². The van der Waals surface area contributed by atoms with Gasteiger partial charge in [0, 0.05) is 13.2 Å². The zero-order valence-corrected chi connectivity index (χ0v) is 15.4. The van der Waals surface area contributed by atoms with Gasteiger partial charge in [-0.05, 0) is 37.3 Å². The molecule has 0 unspecified atom stereocenters. The maximum atomic E-state index is 9.74. The molecule has 0 aliphatic rings. The van der Waals surface area contributed by atoms with E-state index in [1.165, 1.54) is 70.3 Å². The molecule has 3 heteroatoms. The minimum atomic E-state index is -0.0138. The van der Waals surface area contributed by atoms with Crippen LogP contribution in [0.4, 0.5) is 0 Å². The zero-order valence-electron chi connectivity index (χ0n) is 15.4. The van der Waals surface area contributed by atoms with Crippen molar-refractivity contribution >= 4 is 0 Å². The number of unbranched alkanes of at least 4 members (excludes halogenated alkanes) is 9. The lowest BCUT2D eigenvalue weighted by molar-refractivity contribution is 0.125. The summed E-state index contributed by atoms with van der Waals surface area (Å²) in [4.78, 5) is 0. The molecule has 0 aliphatic heterocycles. The van der Waals surface area contributed by atoms with Gasteiger partial charge in [0.1, 0.15) is 0 Å². The minimum absolute atomic E-state index is 0.0138. The van der Waals surface area contributed by atoms with E-state index in [1.54, 1.807) is 6.07 Å². The van der Waals surface area contributed by atoms with E-state index in [1.807, 2.05) is 6.07 Å². The molecule has 1 rings (SSSR count). The normalized spacial score (nSPS) is 11.0. The Bertz CT molecular complexity index is 418. The third-order valence-corrected chi connectivity index (χ3v) is 4.48. The van der Waals surface area contributed by atoms with Crippen LogP contribution in [-0.4, -0.2) is 23.4 Å². The maximum Gasteiger partial charge on any atom is 0.160 e. The van der Waals surface area contributed by atoms with Crippen LogP contribution in [-0.2, 0) is 11.2 Å². The molecule has 2 N–H and O–H groups in total. The van der Waals surface area contributed by atoms with Crippen molar-refractivity contribution in [3.8, 4) is 11.5 Å². The summed E-state index contributed by atoms with van der Waals surface area (Å²) in [6.45, 7) is 4.09. The average molecular weight is 337 g/mol. The number of phenols is 2. The molecular formula is C21H36O3. The van der Waals surface area contributed by atoms with Crippen LogP contribution in [0.15, 0.2) is 18.2 Å². The first kappa shape index (κ1) is 20.8. The molecule has 0 aliphatic carbocycles. The van der Waals surface area contributed by atoms with Gasteiger partial charge in [-0.15, -0.1) is 0 Å². The molecule has 0 heterocycles. The van der Waals surface area contributed by atoms with Crippen LogP contribution in [0.25, 0.3) is 0 Å². The summed E-state index contributed by atoms with van der Waals surface area (Å²) in [5, 5.41) is 19.2. The Labute approximate surface area is 148 Å². The van der Waals surface area contributed by atoms with Crippen LogP contribution < -0.4 is 0 Å². The van der Waals surface area contributed by atoms with Gasteiger partial charge in [-0.25, -0.2) is 0 Å². The summed E-state index contributed by atoms with van der Waals surface area (Å²) in [6.07, 6.45) is 14.5. The average Bonchev–Trinajstić information content (AvgIpc) is 2.58. The summed E-state index contributed by atoms with van der Waals surface area (Å²) < 4.78 is 5.65. The van der Waals surface area contributed by atoms with E-state index < -0.39 is 0 Å². The van der Waals surface area contributed by atoms with E-state index in [-0.39, 0.29) is 11.5 Å². The van der Waals surface area contributed by atoms with Gasteiger partial charge >= 0.3 is 0 Å². The second-order valence-corrected chi connectivity index (χ2v) is 6.68. The Morgan fingerprint density at radius 2 is 1.33 bits per heavy atom. The molecule has 3 nitrogen and oxygen atoms in total. The highest BCUT2D eigenvalue weighted by atomic mass is 16.5. The molecule has 24 heavy (non-hydrogen) atoms. The number of hydrogen-bond acceptors (Lipinski definition) is 3. The van der Waals surface area contributed by atoms with Gasteiger partial charge in [0.2, 0.25) is 0 Å². The predicted octanol–water partition coefficient (Wildman–Crippen LogP) is 5.97. The van der Waals surface area contributed by atoms with Crippen LogP contribution in [0, 0.1) is 0 Å². The fourth-order valence-corrected chi connectivity index (χ4v) is 2.92. The summed E-state index contributed by atoms with van der Waals surface area (Å²) >= 11 is 0. The Balaban J connectivity index is 1.85. The number of hydrogen-bond donors (Lipinski definition) is 2. The monoisotopic (exact) mass is 336 g/mol. The fraction of sp³-hybridized carbons (Fsp3) is 0.714. The number of aromatic hydroxyl groups is 2. The standard InChI is InChI=1S/C21H36O3/c1-2-3-4-11-17-24-18-12-9-7-5-6-8-10-14-19-15-13-16-20(22)21(19)23/h13,15-16,22-23H,2-12,14,17-18H2,1H3. The number of para-hydroxylation sites is 1. The number of benzene rings is 1. The first-order valence-corrected chi connectivity index (χ1v) is 9.83. The van der Waals surface area contributed by atoms with Crippen molar-refractivity contribution in [3.05, 3.63) is 23.8 Å². The molecular weight excluding hydrogens is 300 g/mol. The molecule has 0 atom stereocenters. The largest absolute Gasteiger partial charge is 0.504 e. The molecule has 0 saturated carbocycles. The molecule has 0 amide bonds. The van der Waals surface area contributed by atoms with Gasteiger partial charge in [-0.1, -0.05) is 70.4 Å². The third-order valence-electron chi connectivity index (χ3n) is 4.48. The quantitative estimate of drug-likeness (QED) is 0.306. The van der Waals surface area contributed by atoms with Gasteiger partial charge in [-0.2, -0.15) is 0 Å². The van der Waals surface area contributed by atoms with E-state index >= 15 is 0 Å². The Morgan fingerprint density at radius 1 is 0.750 bits per heavy atom. The second-order valence-electron chi connectivity index (χ2n) is 6.68. The SMILES string of the molecule is CCCCCCOCCCCCCCCCc1cccc(O)c1O. The lowest BCUT2D eigenvalue weighted by Gasteiger charge is -2.06. The summed E-state index contributed by atoms with van der Waals surface area (Å²) in [5.41, 5.74) is 0.853. The second kappa shape index (κ2) is 14.2. The van der Waals surface area contributed by atoms with Gasteiger partial charge in [0.05, 0.1) is 0 Å². The van der Waals surface area contributed by atoms with E-state index in [0.717, 1.165) is 31.6 Å². The van der Waals surface area contributed by atoms with Crippen molar-refractivity contribution in [3.63, 3.8) is 0 Å². The molecule has 0 spiro atoms. The van der Waals surface area contributed by atoms with Crippen LogP contribution >= 0.6 is 0 Å². The summed E-state index contributed by atoms with van der Waals surface area (Å²) in [7, 11) is 0. The van der Waals surface area contributed by atoms with E-state index in [9.17, 15) is 10.2 Å². The highest BCUT2D eigenvalue weighted by Crippen LogP contribution is 2.29. The highest BCUT2D eigenvalue weighted by molar-refractivity contribution is 5.44. The van der Waals surface area contributed by atoms with Gasteiger partial charge < -0.3 is 14.9 Å². The minimum Gasteiger partial charge on any atom is -0.504 e. The zero-order chi connectivity index (χ0) is 17.5. The first-order valence-electron chi connectivity index (χ1n) is 9.83. The lowest BCUT2D eigenvalue weighted by Crippen LogP contribution is -1.97. The fourth-order valence-electron chi connectivity index (χ4n) is 2.92. The Morgan fingerprint density at radius 3 is 2.00 bits per heavy atom. The van der Waals surface area contributed by atoms with E-state index in [2.05, 4.69) is 6.92 Å². The maximum absolute atomic E-state index is 9.74. The smallest absolute Gasteiger partial charge is 0.160 e. The summed E-state index contributed by atoms with van der Waals surface area (Å²) in [6, 6.07) is 5.20. The van der Waals surface area contributed by atoms with Gasteiger partial charge in [-0.3, -0.25) is 0 Å². The van der Waals surface area contributed by atoms with Gasteiger partial charge in [0.15, 0.2) is 11.5 Å². The molecule has 0 fully saturated rings. The Hall–Kier alpha value is -1.22. The summed E-state index contributed by atoms with van der Waals surface area (Å²) in [5.74, 6) is 0.0345. The topological polar surface area (TPSA) is 49.7 Å². The lowest BCUT2D eigenvalue weighted by atomic mass is 10.0. The van der Waals surface area contributed by atoms with Crippen molar-refractivity contribution in [1.82, 2.24) is 0 Å². The number of phenolic OH excluding ortho intramolecular Hbond substituents is 2. The van der Waals surface area contributed by atoms with Crippen LogP contribution in [0.2, 0.25) is 0 Å². The number of ether oxygens (including phenoxy) is 1. The Kier molecular flexibility index (Phi) is 12.3. The highest BCUT2D eigenvalue weighted by Gasteiger charge is 2.04. The number of rotatable bonds is 15. The van der Waals surface area contributed by atoms with Crippen molar-refractivity contribution in [2.24, 2.45) is 0 Å². The number of aryl methyl sites for hydroxylation is 1. The van der Waals surface area contributed by atoms with Crippen molar-refractivity contribution < 1.29 is 14.9 Å². The molecule has 1 aromatic rings. The molecule has 0 aromatic heterocycles. The molecule has 0 bridgehead atoms. The predicted molar refractivity (Wildman–Crippen MR) is 101 cm³/mol. The van der Waals surface area contributed by atoms with Crippen molar-refractivity contribution in [2.45, 2.75) is 84.0 Å². The first-order chi connectivity index (χ1) is 11.8. The van der Waals surface area contributed by atoms with Crippen molar-refractivity contribution in [2.75, 3.05) is 13.2 Å². The molecule has 138 valence electrons. The molecule has 0 radical (unpaired) electrons. The van der Waals surface area contributed by atoms with Gasteiger partial charge in [0.25, 0.3) is 0 Å². The molecule has 1 aromatic carbocycles. The van der Waals surface area contributed by atoms with Crippen LogP contribution in [0.3, 0.4) is 0 Å². The third kappa shape index (κ3) is 9.82.